The van der Waals surface area contributed by atoms with Gasteiger partial charge in [-0.25, -0.2) is 9.78 Å². The zero-order valence-electron chi connectivity index (χ0n) is 16.2. The molecule has 1 atom stereocenters. The number of alkyl carbamates (subject to hydrolysis) is 1. The average molecular weight is 389 g/mol. The Morgan fingerprint density at radius 3 is 2.21 bits per heavy atom. The van der Waals surface area contributed by atoms with E-state index in [1.807, 2.05) is 79.7 Å². The lowest BCUT2D eigenvalue weighted by atomic mass is 10.1. The molecule has 1 unspecified atom stereocenters. The minimum absolute atomic E-state index is 0.131. The highest BCUT2D eigenvalue weighted by molar-refractivity contribution is 5.96. The van der Waals surface area contributed by atoms with Gasteiger partial charge in [0.25, 0.3) is 0 Å². The Morgan fingerprint density at radius 1 is 0.897 bits per heavy atom. The molecule has 0 spiro atoms. The number of hydrogen-bond acceptors (Lipinski definition) is 4. The molecule has 0 aliphatic rings. The summed E-state index contributed by atoms with van der Waals surface area (Å²) in [6.07, 6.45) is -0.319. The van der Waals surface area contributed by atoms with Gasteiger partial charge in [-0.3, -0.25) is 4.79 Å². The van der Waals surface area contributed by atoms with E-state index in [4.69, 9.17) is 4.74 Å². The van der Waals surface area contributed by atoms with Gasteiger partial charge in [-0.15, -0.1) is 0 Å². The molecule has 0 bridgehead atoms. The molecule has 0 radical (unpaired) electrons. The fraction of sp³-hybridized carbons (Fsp3) is 0.174. The molecule has 6 nitrogen and oxygen atoms in total. The summed E-state index contributed by atoms with van der Waals surface area (Å²) in [6, 6.07) is 23.4. The molecule has 148 valence electrons. The zero-order valence-corrected chi connectivity index (χ0v) is 16.2. The van der Waals surface area contributed by atoms with E-state index in [1.165, 1.54) is 0 Å². The van der Waals surface area contributed by atoms with E-state index in [1.54, 1.807) is 6.07 Å². The average Bonchev–Trinajstić information content (AvgIpc) is 2.73. The second-order valence-electron chi connectivity index (χ2n) is 6.60. The standard InChI is InChI=1S/C23H23N3O3/c1-17-9-8-14-21(24-17)26-22(27)20(15-18-10-4-2-5-11-18)25-23(28)29-16-19-12-6-3-7-13-19/h2-14,20H,15-16H2,1H3,(H,25,28)(H,24,26,27). The van der Waals surface area contributed by atoms with Crippen molar-refractivity contribution in [3.05, 3.63) is 95.7 Å². The molecule has 3 rings (SSSR count). The number of nitrogens with one attached hydrogen (secondary N) is 2. The molecule has 29 heavy (non-hydrogen) atoms. The summed E-state index contributed by atoms with van der Waals surface area (Å²) in [6.45, 7) is 1.97. The molecule has 0 fully saturated rings. The van der Waals surface area contributed by atoms with Gasteiger partial charge in [0.15, 0.2) is 0 Å². The Kier molecular flexibility index (Phi) is 6.95. The van der Waals surface area contributed by atoms with Crippen LogP contribution in [0.3, 0.4) is 0 Å². The summed E-state index contributed by atoms with van der Waals surface area (Å²) in [7, 11) is 0. The molecule has 1 aromatic heterocycles. The monoisotopic (exact) mass is 389 g/mol. The number of carbonyl (C=O) groups is 2. The maximum absolute atomic E-state index is 12.8. The number of nitrogens with zero attached hydrogens (tertiary/aromatic N) is 1. The van der Waals surface area contributed by atoms with Crippen LogP contribution in [0.1, 0.15) is 16.8 Å². The zero-order chi connectivity index (χ0) is 20.5. The first-order chi connectivity index (χ1) is 14.1. The highest BCUT2D eigenvalue weighted by atomic mass is 16.5. The number of benzene rings is 2. The first-order valence-electron chi connectivity index (χ1n) is 9.36. The topological polar surface area (TPSA) is 80.3 Å². The third-order valence-electron chi connectivity index (χ3n) is 4.24. The lowest BCUT2D eigenvalue weighted by molar-refractivity contribution is -0.118. The number of amides is 2. The lowest BCUT2D eigenvalue weighted by Gasteiger charge is -2.18. The first kappa shape index (κ1) is 20.1. The van der Waals surface area contributed by atoms with E-state index in [0.717, 1.165) is 16.8 Å². The number of rotatable bonds is 7. The normalized spacial score (nSPS) is 11.3. The Morgan fingerprint density at radius 2 is 1.55 bits per heavy atom. The smallest absolute Gasteiger partial charge is 0.408 e. The number of aryl methyl sites for hydroxylation is 1. The van der Waals surface area contributed by atoms with Gasteiger partial charge in [0.05, 0.1) is 0 Å². The molecule has 0 aliphatic heterocycles. The lowest BCUT2D eigenvalue weighted by Crippen LogP contribution is -2.45. The number of carbonyl (C=O) groups excluding carboxylic acids is 2. The second kappa shape index (κ2) is 10.0. The molecule has 2 amide bonds. The Bertz CT molecular complexity index is 946. The van der Waals surface area contributed by atoms with Crippen LogP contribution < -0.4 is 10.6 Å². The highest BCUT2D eigenvalue weighted by Crippen LogP contribution is 2.09. The molecule has 1 heterocycles. The molecule has 0 saturated heterocycles. The van der Waals surface area contributed by atoms with Gasteiger partial charge in [-0.1, -0.05) is 66.7 Å². The fourth-order valence-electron chi connectivity index (χ4n) is 2.79. The summed E-state index contributed by atoms with van der Waals surface area (Å²) >= 11 is 0. The van der Waals surface area contributed by atoms with Crippen molar-refractivity contribution in [1.29, 1.82) is 0 Å². The predicted molar refractivity (Wildman–Crippen MR) is 111 cm³/mol. The van der Waals surface area contributed by atoms with E-state index in [2.05, 4.69) is 15.6 Å². The van der Waals surface area contributed by atoms with Gasteiger partial charge in [0.2, 0.25) is 5.91 Å². The van der Waals surface area contributed by atoms with E-state index in [9.17, 15) is 9.59 Å². The molecule has 2 N–H and O–H groups in total. The van der Waals surface area contributed by atoms with Gasteiger partial charge < -0.3 is 15.4 Å². The highest BCUT2D eigenvalue weighted by Gasteiger charge is 2.22. The number of aromatic nitrogens is 1. The van der Waals surface area contributed by atoms with Gasteiger partial charge in [0, 0.05) is 12.1 Å². The van der Waals surface area contributed by atoms with Crippen LogP contribution in [0, 0.1) is 6.92 Å². The summed E-state index contributed by atoms with van der Waals surface area (Å²) in [4.78, 5) is 29.4. The Labute approximate surface area is 169 Å². The molecule has 2 aromatic carbocycles. The van der Waals surface area contributed by atoms with Crippen LogP contribution in [-0.2, 0) is 22.6 Å². The summed E-state index contributed by atoms with van der Waals surface area (Å²) in [5.74, 6) is 0.0797. The quantitative estimate of drug-likeness (QED) is 0.643. The summed E-state index contributed by atoms with van der Waals surface area (Å²) in [5, 5.41) is 5.43. The van der Waals surface area contributed by atoms with Crippen LogP contribution in [0.25, 0.3) is 0 Å². The summed E-state index contributed by atoms with van der Waals surface area (Å²) < 4.78 is 5.27. The predicted octanol–water partition coefficient (Wildman–Crippen LogP) is 3.87. The van der Waals surface area contributed by atoms with E-state index < -0.39 is 12.1 Å². The van der Waals surface area contributed by atoms with Crippen LogP contribution in [-0.4, -0.2) is 23.0 Å². The van der Waals surface area contributed by atoms with Crippen molar-refractivity contribution < 1.29 is 14.3 Å². The molecular weight excluding hydrogens is 366 g/mol. The third kappa shape index (κ3) is 6.46. The Balaban J connectivity index is 1.66. The third-order valence-corrected chi connectivity index (χ3v) is 4.24. The van der Waals surface area contributed by atoms with Crippen LogP contribution >= 0.6 is 0 Å². The molecule has 6 heteroatoms. The van der Waals surface area contributed by atoms with Crippen molar-refractivity contribution in [3.63, 3.8) is 0 Å². The van der Waals surface area contributed by atoms with Gasteiger partial charge in [0.1, 0.15) is 18.5 Å². The van der Waals surface area contributed by atoms with Crippen molar-refractivity contribution in [1.82, 2.24) is 10.3 Å². The van der Waals surface area contributed by atoms with Crippen molar-refractivity contribution >= 4 is 17.8 Å². The van der Waals surface area contributed by atoms with Crippen molar-refractivity contribution in [2.45, 2.75) is 26.0 Å². The maximum Gasteiger partial charge on any atom is 0.408 e. The molecular formula is C23H23N3O3. The fourth-order valence-corrected chi connectivity index (χ4v) is 2.79. The van der Waals surface area contributed by atoms with E-state index >= 15 is 0 Å². The van der Waals surface area contributed by atoms with Crippen molar-refractivity contribution in [2.24, 2.45) is 0 Å². The summed E-state index contributed by atoms with van der Waals surface area (Å²) in [5.41, 5.74) is 2.58. The maximum atomic E-state index is 12.8. The largest absolute Gasteiger partial charge is 0.445 e. The number of anilines is 1. The Hall–Kier alpha value is -3.67. The van der Waals surface area contributed by atoms with Crippen LogP contribution in [0.15, 0.2) is 78.9 Å². The van der Waals surface area contributed by atoms with Gasteiger partial charge in [-0.2, -0.15) is 0 Å². The van der Waals surface area contributed by atoms with Gasteiger partial charge >= 0.3 is 6.09 Å². The molecule has 0 aliphatic carbocycles. The number of pyridine rings is 1. The minimum atomic E-state index is -0.803. The number of hydrogen-bond donors (Lipinski definition) is 2. The van der Waals surface area contributed by atoms with Crippen molar-refractivity contribution in [3.8, 4) is 0 Å². The van der Waals surface area contributed by atoms with E-state index in [-0.39, 0.29) is 12.5 Å². The molecule has 3 aromatic rings. The molecule has 0 saturated carbocycles. The minimum Gasteiger partial charge on any atom is -0.445 e. The van der Waals surface area contributed by atoms with Crippen LogP contribution in [0.5, 0.6) is 0 Å². The second-order valence-corrected chi connectivity index (χ2v) is 6.60. The van der Waals surface area contributed by atoms with Crippen LogP contribution in [0.4, 0.5) is 10.6 Å². The SMILES string of the molecule is Cc1cccc(NC(=O)C(Cc2ccccc2)NC(=O)OCc2ccccc2)n1. The van der Waals surface area contributed by atoms with Crippen molar-refractivity contribution in [2.75, 3.05) is 5.32 Å². The van der Waals surface area contributed by atoms with Crippen LogP contribution in [0.2, 0.25) is 0 Å². The first-order valence-corrected chi connectivity index (χ1v) is 9.36. The number of ether oxygens (including phenoxy) is 1. The van der Waals surface area contributed by atoms with E-state index in [0.29, 0.717) is 12.2 Å². The van der Waals surface area contributed by atoms with Gasteiger partial charge in [-0.05, 0) is 30.2 Å².